The van der Waals surface area contributed by atoms with Crippen LogP contribution >= 0.6 is 0 Å². The second kappa shape index (κ2) is 3.98. The number of esters is 1. The van der Waals surface area contributed by atoms with Crippen molar-refractivity contribution in [1.29, 1.82) is 0 Å². The molecule has 0 spiro atoms. The zero-order chi connectivity index (χ0) is 11.7. The van der Waals surface area contributed by atoms with Gasteiger partial charge in [-0.2, -0.15) is 0 Å². The minimum Gasteiger partial charge on any atom is -0.464 e. The lowest BCUT2D eigenvalue weighted by molar-refractivity contribution is 0.0590. The molecule has 0 bridgehead atoms. The van der Waals surface area contributed by atoms with Gasteiger partial charge in [0.1, 0.15) is 5.69 Å². The first kappa shape index (κ1) is 10.7. The fourth-order valence-corrected chi connectivity index (χ4v) is 1.97. The number of methoxy groups -OCH3 is 1. The van der Waals surface area contributed by atoms with Crippen LogP contribution in [0, 0.1) is 0 Å². The van der Waals surface area contributed by atoms with E-state index < -0.39 is 0 Å². The molecule has 2 aromatic rings. The molecular formula is C12H14N2O2. The van der Waals surface area contributed by atoms with Gasteiger partial charge in [-0.1, -0.05) is 18.2 Å². The summed E-state index contributed by atoms with van der Waals surface area (Å²) in [7, 11) is 3.22. The number of nitrogens with zero attached hydrogens (tertiary/aromatic N) is 1. The van der Waals surface area contributed by atoms with Crippen molar-refractivity contribution in [2.24, 2.45) is 12.8 Å². The highest BCUT2D eigenvalue weighted by Gasteiger charge is 2.14. The second-order valence-corrected chi connectivity index (χ2v) is 3.64. The summed E-state index contributed by atoms with van der Waals surface area (Å²) < 4.78 is 6.55. The second-order valence-electron chi connectivity index (χ2n) is 3.64. The molecule has 0 aliphatic carbocycles. The molecule has 2 rings (SSSR count). The Hall–Kier alpha value is -1.81. The van der Waals surface area contributed by atoms with E-state index in [-0.39, 0.29) is 5.97 Å². The Morgan fingerprint density at radius 3 is 2.88 bits per heavy atom. The molecular weight excluding hydrogens is 204 g/mol. The molecule has 84 valence electrons. The Morgan fingerprint density at radius 1 is 1.50 bits per heavy atom. The number of nitrogens with two attached hydrogens (primary N) is 1. The van der Waals surface area contributed by atoms with Crippen molar-refractivity contribution in [3.05, 3.63) is 35.5 Å². The summed E-state index contributed by atoms with van der Waals surface area (Å²) in [4.78, 5) is 11.5. The zero-order valence-corrected chi connectivity index (χ0v) is 9.36. The molecule has 1 aromatic carbocycles. The van der Waals surface area contributed by atoms with E-state index in [2.05, 4.69) is 0 Å². The van der Waals surface area contributed by atoms with Crippen LogP contribution in [0.25, 0.3) is 10.9 Å². The highest BCUT2D eigenvalue weighted by atomic mass is 16.5. The minimum atomic E-state index is -0.332. The first-order chi connectivity index (χ1) is 7.69. The van der Waals surface area contributed by atoms with Crippen molar-refractivity contribution in [3.63, 3.8) is 0 Å². The topological polar surface area (TPSA) is 57.2 Å². The largest absolute Gasteiger partial charge is 0.464 e. The van der Waals surface area contributed by atoms with Crippen molar-refractivity contribution in [1.82, 2.24) is 4.57 Å². The van der Waals surface area contributed by atoms with Crippen LogP contribution in [0.5, 0.6) is 0 Å². The molecule has 0 saturated carbocycles. The predicted octanol–water partition coefficient (Wildman–Crippen LogP) is 1.42. The van der Waals surface area contributed by atoms with Gasteiger partial charge in [0, 0.05) is 19.0 Å². The van der Waals surface area contributed by atoms with Crippen molar-refractivity contribution >= 4 is 16.9 Å². The molecule has 1 aromatic heterocycles. The van der Waals surface area contributed by atoms with E-state index in [1.165, 1.54) is 7.11 Å². The van der Waals surface area contributed by atoms with Crippen LogP contribution in [0.15, 0.2) is 24.3 Å². The first-order valence-corrected chi connectivity index (χ1v) is 5.04. The Balaban J connectivity index is 2.73. The molecule has 16 heavy (non-hydrogen) atoms. The number of aromatic nitrogens is 1. The summed E-state index contributed by atoms with van der Waals surface area (Å²) in [6, 6.07) is 7.68. The molecule has 0 saturated heterocycles. The lowest BCUT2D eigenvalue weighted by Crippen LogP contribution is -2.08. The van der Waals surface area contributed by atoms with E-state index in [1.807, 2.05) is 35.9 Å². The fraction of sp³-hybridized carbons (Fsp3) is 0.250. The highest BCUT2D eigenvalue weighted by Crippen LogP contribution is 2.22. The molecule has 0 amide bonds. The molecule has 2 N–H and O–H groups in total. The molecule has 1 heterocycles. The number of carbonyl (C=O) groups excluding carboxylic acids is 1. The van der Waals surface area contributed by atoms with Crippen molar-refractivity contribution < 1.29 is 9.53 Å². The fourth-order valence-electron chi connectivity index (χ4n) is 1.97. The third-order valence-electron chi connectivity index (χ3n) is 2.75. The minimum absolute atomic E-state index is 0.332. The summed E-state index contributed by atoms with van der Waals surface area (Å²) in [5.41, 5.74) is 8.23. The van der Waals surface area contributed by atoms with Crippen LogP contribution in [-0.4, -0.2) is 17.6 Å². The maximum atomic E-state index is 11.5. The van der Waals surface area contributed by atoms with Gasteiger partial charge in [0.15, 0.2) is 0 Å². The van der Waals surface area contributed by atoms with E-state index in [0.29, 0.717) is 12.2 Å². The summed E-state index contributed by atoms with van der Waals surface area (Å²) in [6.45, 7) is 0.454. The van der Waals surface area contributed by atoms with E-state index >= 15 is 0 Å². The lowest BCUT2D eigenvalue weighted by atomic mass is 10.1. The van der Waals surface area contributed by atoms with Gasteiger partial charge in [-0.3, -0.25) is 0 Å². The van der Waals surface area contributed by atoms with Gasteiger partial charge in [0.2, 0.25) is 0 Å². The number of ether oxygens (including phenoxy) is 1. The van der Waals surface area contributed by atoms with Crippen LogP contribution in [0.2, 0.25) is 0 Å². The standard InChI is InChI=1S/C12H14N2O2/c1-14-10(12(15)16-2)6-8-4-3-5-9(7-13)11(8)14/h3-6H,7,13H2,1-2H3. The first-order valence-electron chi connectivity index (χ1n) is 5.04. The molecule has 4 heteroatoms. The van der Waals surface area contributed by atoms with Crippen molar-refractivity contribution in [2.75, 3.05) is 7.11 Å². The summed E-state index contributed by atoms with van der Waals surface area (Å²) in [6.07, 6.45) is 0. The molecule has 0 unspecified atom stereocenters. The Morgan fingerprint density at radius 2 is 2.25 bits per heavy atom. The number of rotatable bonds is 2. The van der Waals surface area contributed by atoms with E-state index in [1.54, 1.807) is 0 Å². The Labute approximate surface area is 93.6 Å². The molecule has 4 nitrogen and oxygen atoms in total. The van der Waals surface area contributed by atoms with Gasteiger partial charge < -0.3 is 15.0 Å². The number of hydrogen-bond donors (Lipinski definition) is 1. The predicted molar refractivity (Wildman–Crippen MR) is 62.1 cm³/mol. The monoisotopic (exact) mass is 218 g/mol. The smallest absolute Gasteiger partial charge is 0.354 e. The van der Waals surface area contributed by atoms with E-state index in [9.17, 15) is 4.79 Å². The average molecular weight is 218 g/mol. The van der Waals surface area contributed by atoms with E-state index in [0.717, 1.165) is 16.5 Å². The molecule has 0 atom stereocenters. The maximum absolute atomic E-state index is 11.5. The van der Waals surface area contributed by atoms with Crippen molar-refractivity contribution in [2.45, 2.75) is 6.54 Å². The quantitative estimate of drug-likeness (QED) is 0.776. The van der Waals surface area contributed by atoms with Crippen LogP contribution < -0.4 is 5.73 Å². The summed E-state index contributed by atoms with van der Waals surface area (Å²) in [5.74, 6) is -0.332. The highest BCUT2D eigenvalue weighted by molar-refractivity contribution is 5.96. The maximum Gasteiger partial charge on any atom is 0.354 e. The summed E-state index contributed by atoms with van der Waals surface area (Å²) in [5, 5.41) is 1.01. The van der Waals surface area contributed by atoms with Gasteiger partial charge >= 0.3 is 5.97 Å². The van der Waals surface area contributed by atoms with Crippen LogP contribution in [-0.2, 0) is 18.3 Å². The van der Waals surface area contributed by atoms with E-state index in [4.69, 9.17) is 10.5 Å². The lowest BCUT2D eigenvalue weighted by Gasteiger charge is -2.05. The van der Waals surface area contributed by atoms with Crippen LogP contribution in [0.3, 0.4) is 0 Å². The molecule has 0 aliphatic heterocycles. The number of carbonyl (C=O) groups is 1. The van der Waals surface area contributed by atoms with Gasteiger partial charge in [0.25, 0.3) is 0 Å². The SMILES string of the molecule is COC(=O)c1cc2cccc(CN)c2n1C. The van der Waals surface area contributed by atoms with Crippen LogP contribution in [0.1, 0.15) is 16.1 Å². The average Bonchev–Trinajstić information content (AvgIpc) is 2.66. The van der Waals surface area contributed by atoms with Crippen molar-refractivity contribution in [3.8, 4) is 0 Å². The number of benzene rings is 1. The molecule has 0 aliphatic rings. The number of para-hydroxylation sites is 1. The Bertz CT molecular complexity index is 543. The third kappa shape index (κ3) is 1.47. The van der Waals surface area contributed by atoms with Gasteiger partial charge in [-0.05, 0) is 11.6 Å². The number of aryl methyl sites for hydroxylation is 1. The van der Waals surface area contributed by atoms with Gasteiger partial charge in [-0.25, -0.2) is 4.79 Å². The van der Waals surface area contributed by atoms with Gasteiger partial charge in [0.05, 0.1) is 12.6 Å². The zero-order valence-electron chi connectivity index (χ0n) is 9.36. The normalized spacial score (nSPS) is 10.7. The number of fused-ring (bicyclic) bond motifs is 1. The van der Waals surface area contributed by atoms with Crippen LogP contribution in [0.4, 0.5) is 0 Å². The number of hydrogen-bond acceptors (Lipinski definition) is 3. The third-order valence-corrected chi connectivity index (χ3v) is 2.75. The van der Waals surface area contributed by atoms with Gasteiger partial charge in [-0.15, -0.1) is 0 Å². The molecule has 0 fully saturated rings. The molecule has 0 radical (unpaired) electrons. The Kier molecular flexibility index (Phi) is 2.66. The summed E-state index contributed by atoms with van der Waals surface area (Å²) >= 11 is 0.